The van der Waals surface area contributed by atoms with Crippen LogP contribution in [0.4, 0.5) is 5.82 Å². The molecule has 6 nitrogen and oxygen atoms in total. The maximum absolute atomic E-state index is 13.6. The van der Waals surface area contributed by atoms with Gasteiger partial charge in [-0.15, -0.1) is 0 Å². The van der Waals surface area contributed by atoms with E-state index >= 15 is 0 Å². The highest BCUT2D eigenvalue weighted by molar-refractivity contribution is 6.09. The molecular formula is C29H29N3O3. The summed E-state index contributed by atoms with van der Waals surface area (Å²) in [5.74, 6) is 0.606. The number of carbonyl (C=O) groups is 2. The summed E-state index contributed by atoms with van der Waals surface area (Å²) >= 11 is 0. The average Bonchev–Trinajstić information content (AvgIpc) is 3.38. The first-order chi connectivity index (χ1) is 16.9. The molecule has 0 unspecified atom stereocenters. The summed E-state index contributed by atoms with van der Waals surface area (Å²) in [5, 5.41) is 6.36. The summed E-state index contributed by atoms with van der Waals surface area (Å²) in [5.41, 5.74) is 5.79. The Bertz CT molecular complexity index is 1330. The van der Waals surface area contributed by atoms with E-state index in [2.05, 4.69) is 34.7 Å². The van der Waals surface area contributed by atoms with E-state index in [0.717, 1.165) is 34.8 Å². The van der Waals surface area contributed by atoms with Crippen LogP contribution in [0.2, 0.25) is 0 Å². The molecule has 0 spiro atoms. The fourth-order valence-corrected chi connectivity index (χ4v) is 5.14. The average molecular weight is 468 g/mol. The number of pyridine rings is 1. The second-order valence-corrected chi connectivity index (χ2v) is 9.25. The Morgan fingerprint density at radius 3 is 2.57 bits per heavy atom. The van der Waals surface area contributed by atoms with E-state index in [4.69, 9.17) is 4.42 Å². The number of rotatable bonds is 5. The summed E-state index contributed by atoms with van der Waals surface area (Å²) < 4.78 is 5.61. The number of nitrogens with one attached hydrogen (secondary N) is 2. The van der Waals surface area contributed by atoms with E-state index < -0.39 is 5.92 Å². The number of furan rings is 1. The lowest BCUT2D eigenvalue weighted by Crippen LogP contribution is -2.37. The third kappa shape index (κ3) is 4.44. The van der Waals surface area contributed by atoms with Gasteiger partial charge in [0.1, 0.15) is 11.6 Å². The molecule has 0 bridgehead atoms. The van der Waals surface area contributed by atoms with Crippen LogP contribution in [0.5, 0.6) is 0 Å². The Labute approximate surface area is 205 Å². The van der Waals surface area contributed by atoms with E-state index in [1.807, 2.05) is 50.2 Å². The van der Waals surface area contributed by atoms with Crippen LogP contribution < -0.4 is 10.6 Å². The number of dihydropyridines is 1. The van der Waals surface area contributed by atoms with Crippen molar-refractivity contribution >= 4 is 17.5 Å². The molecule has 2 atom stereocenters. The SMILES string of the molecule is CCc1ccc([C@H]2C(C(=O)Nc3cccc(C)n3)=C(C)NC3=C2C(=O)C[C@H](c2ccco2)C3)cc1. The molecule has 2 aliphatic rings. The van der Waals surface area contributed by atoms with E-state index in [-0.39, 0.29) is 17.6 Å². The summed E-state index contributed by atoms with van der Waals surface area (Å²) in [6.07, 6.45) is 3.57. The number of anilines is 1. The first-order valence-corrected chi connectivity index (χ1v) is 12.1. The predicted octanol–water partition coefficient (Wildman–Crippen LogP) is 5.55. The van der Waals surface area contributed by atoms with Crippen LogP contribution >= 0.6 is 0 Å². The standard InChI is InChI=1S/C29H29N3O3/c1-4-19-10-12-20(13-11-19)27-26(29(34)32-25-9-5-7-17(2)30-25)18(3)31-22-15-21(16-23(33)28(22)27)24-8-6-14-35-24/h5-14,21,27,31H,4,15-16H2,1-3H3,(H,30,32,34)/t21-,27+/m1/s1. The van der Waals surface area contributed by atoms with Gasteiger partial charge in [-0.3, -0.25) is 9.59 Å². The fraction of sp³-hybridized carbons (Fsp3) is 0.276. The minimum atomic E-state index is -0.452. The lowest BCUT2D eigenvalue weighted by Gasteiger charge is -2.36. The highest BCUT2D eigenvalue weighted by Crippen LogP contribution is 2.45. The number of aromatic nitrogens is 1. The number of hydrogen-bond acceptors (Lipinski definition) is 5. The van der Waals surface area contributed by atoms with Crippen LogP contribution in [0.15, 0.2) is 87.8 Å². The molecule has 3 heterocycles. The highest BCUT2D eigenvalue weighted by atomic mass is 16.3. The van der Waals surface area contributed by atoms with Gasteiger partial charge in [0.25, 0.3) is 5.91 Å². The van der Waals surface area contributed by atoms with Crippen molar-refractivity contribution in [2.75, 3.05) is 5.32 Å². The number of Topliss-reactive ketones (excluding diaryl/α,β-unsaturated/α-hetero) is 1. The van der Waals surface area contributed by atoms with Crippen molar-refractivity contribution in [3.05, 3.63) is 106 Å². The Kier molecular flexibility index (Phi) is 6.12. The van der Waals surface area contributed by atoms with Crippen molar-refractivity contribution < 1.29 is 14.0 Å². The van der Waals surface area contributed by atoms with Gasteiger partial charge in [-0.2, -0.15) is 0 Å². The number of hydrogen-bond donors (Lipinski definition) is 2. The third-order valence-corrected chi connectivity index (χ3v) is 6.87. The van der Waals surface area contributed by atoms with Crippen LogP contribution in [0.3, 0.4) is 0 Å². The highest BCUT2D eigenvalue weighted by Gasteiger charge is 2.41. The molecule has 2 N–H and O–H groups in total. The minimum absolute atomic E-state index is 0.0217. The van der Waals surface area contributed by atoms with Gasteiger partial charge in [-0.1, -0.05) is 37.3 Å². The zero-order valence-electron chi connectivity index (χ0n) is 20.2. The number of nitrogens with zero attached hydrogens (tertiary/aromatic N) is 1. The predicted molar refractivity (Wildman–Crippen MR) is 135 cm³/mol. The molecule has 0 saturated heterocycles. The molecule has 0 radical (unpaired) electrons. The molecule has 178 valence electrons. The monoisotopic (exact) mass is 467 g/mol. The van der Waals surface area contributed by atoms with Gasteiger partial charge in [0.2, 0.25) is 0 Å². The number of ketones is 1. The molecular weight excluding hydrogens is 438 g/mol. The van der Waals surface area contributed by atoms with Crippen molar-refractivity contribution in [2.24, 2.45) is 0 Å². The van der Waals surface area contributed by atoms with Crippen molar-refractivity contribution in [1.82, 2.24) is 10.3 Å². The van der Waals surface area contributed by atoms with Gasteiger partial charge in [-0.05, 0) is 62.1 Å². The van der Waals surface area contributed by atoms with Gasteiger partial charge in [0.15, 0.2) is 5.78 Å². The Morgan fingerprint density at radius 2 is 1.89 bits per heavy atom. The van der Waals surface area contributed by atoms with Crippen LogP contribution in [-0.4, -0.2) is 16.7 Å². The van der Waals surface area contributed by atoms with Crippen LogP contribution in [0.1, 0.15) is 61.1 Å². The molecule has 1 aliphatic heterocycles. The Balaban J connectivity index is 1.56. The van der Waals surface area contributed by atoms with Gasteiger partial charge >= 0.3 is 0 Å². The zero-order chi connectivity index (χ0) is 24.5. The smallest absolute Gasteiger partial charge is 0.255 e. The summed E-state index contributed by atoms with van der Waals surface area (Å²) in [7, 11) is 0. The van der Waals surface area contributed by atoms with E-state index in [1.165, 1.54) is 5.56 Å². The first-order valence-electron chi connectivity index (χ1n) is 12.1. The van der Waals surface area contributed by atoms with E-state index in [0.29, 0.717) is 29.8 Å². The maximum atomic E-state index is 13.6. The largest absolute Gasteiger partial charge is 0.469 e. The number of benzene rings is 1. The quantitative estimate of drug-likeness (QED) is 0.514. The van der Waals surface area contributed by atoms with Gasteiger partial charge < -0.3 is 15.1 Å². The molecule has 1 aliphatic carbocycles. The van der Waals surface area contributed by atoms with Crippen LogP contribution in [0, 0.1) is 6.92 Å². The van der Waals surface area contributed by atoms with E-state index in [1.54, 1.807) is 12.3 Å². The summed E-state index contributed by atoms with van der Waals surface area (Å²) in [4.78, 5) is 31.7. The molecule has 6 heteroatoms. The van der Waals surface area contributed by atoms with E-state index in [9.17, 15) is 9.59 Å². The molecule has 2 aromatic heterocycles. The molecule has 5 rings (SSSR count). The lowest BCUT2D eigenvalue weighted by molar-refractivity contribution is -0.116. The first kappa shape index (κ1) is 22.8. The Morgan fingerprint density at radius 1 is 1.09 bits per heavy atom. The second-order valence-electron chi connectivity index (χ2n) is 9.25. The van der Waals surface area contributed by atoms with Crippen molar-refractivity contribution in [2.45, 2.75) is 51.9 Å². The normalized spacial score (nSPS) is 19.9. The van der Waals surface area contributed by atoms with Crippen molar-refractivity contribution in [1.29, 1.82) is 0 Å². The molecule has 0 saturated carbocycles. The number of carbonyl (C=O) groups excluding carboxylic acids is 2. The molecule has 0 fully saturated rings. The zero-order valence-corrected chi connectivity index (χ0v) is 20.2. The number of allylic oxidation sites excluding steroid dienone is 3. The molecule has 35 heavy (non-hydrogen) atoms. The number of amides is 1. The molecule has 1 amide bonds. The minimum Gasteiger partial charge on any atom is -0.469 e. The lowest BCUT2D eigenvalue weighted by atomic mass is 9.72. The Hall–Kier alpha value is -3.93. The molecule has 3 aromatic rings. The van der Waals surface area contributed by atoms with Gasteiger partial charge in [0, 0.05) is 46.5 Å². The van der Waals surface area contributed by atoms with Gasteiger partial charge in [-0.25, -0.2) is 4.98 Å². The third-order valence-electron chi connectivity index (χ3n) is 6.87. The van der Waals surface area contributed by atoms with Gasteiger partial charge in [0.05, 0.1) is 6.26 Å². The van der Waals surface area contributed by atoms with Crippen LogP contribution in [-0.2, 0) is 16.0 Å². The summed E-state index contributed by atoms with van der Waals surface area (Å²) in [6.45, 7) is 5.89. The fourth-order valence-electron chi connectivity index (χ4n) is 5.14. The maximum Gasteiger partial charge on any atom is 0.255 e. The second kappa shape index (κ2) is 9.37. The topological polar surface area (TPSA) is 84.2 Å². The van der Waals surface area contributed by atoms with Crippen molar-refractivity contribution in [3.63, 3.8) is 0 Å². The molecule has 1 aromatic carbocycles. The summed E-state index contributed by atoms with van der Waals surface area (Å²) in [6, 6.07) is 17.5. The number of aryl methyl sites for hydroxylation is 2. The van der Waals surface area contributed by atoms with Crippen LogP contribution in [0.25, 0.3) is 0 Å². The van der Waals surface area contributed by atoms with Crippen molar-refractivity contribution in [3.8, 4) is 0 Å².